The van der Waals surface area contributed by atoms with Crippen LogP contribution in [0.1, 0.15) is 132 Å². The molecule has 4 saturated carbocycles. The number of aliphatic hydroxyl groups excluding tert-OH is 17. The van der Waals surface area contributed by atoms with Gasteiger partial charge in [-0.05, 0) is 143 Å². The number of carboxylic acids is 2. The maximum atomic E-state index is 16.8. The highest BCUT2D eigenvalue weighted by Gasteiger charge is 2.75. The smallest absolute Gasteiger partial charge is 0.331 e. The number of aliphatic carboxylic acids is 2. The van der Waals surface area contributed by atoms with Crippen LogP contribution in [0, 0.1) is 50.2 Å². The molecule has 7 heterocycles. The maximum absolute atomic E-state index is 16.8. The first-order chi connectivity index (χ1) is 62.0. The third-order valence-corrected chi connectivity index (χ3v) is 30.2. The molecule has 1 aromatic carbocycles. The molecule has 5 aliphatic carbocycles. The van der Waals surface area contributed by atoms with E-state index in [1.54, 1.807) is 0 Å². The lowest BCUT2D eigenvalue weighted by atomic mass is 9.33. The molecule has 748 valence electrons. The van der Waals surface area contributed by atoms with Crippen LogP contribution in [0.25, 0.3) is 6.08 Å². The number of hydrogen-bond acceptors (Lipinski definition) is 43. The number of carboxylic acid groups (broad SMARTS) is 2. The number of ether oxygens (including phenoxy) is 19. The van der Waals surface area contributed by atoms with E-state index >= 15 is 4.79 Å². The van der Waals surface area contributed by atoms with Crippen LogP contribution in [0.4, 0.5) is 0 Å². The minimum Gasteiger partial charge on any atom is -0.493 e. The largest absolute Gasteiger partial charge is 0.493 e. The Kier molecular flexibility index (Phi) is 31.5. The highest BCUT2D eigenvalue weighted by atomic mass is 16.8. The summed E-state index contributed by atoms with van der Waals surface area (Å²) in [6, 6.07) is 2.97. The number of rotatable bonds is 30. The van der Waals surface area contributed by atoms with Crippen molar-refractivity contribution in [1.82, 2.24) is 0 Å². The summed E-state index contributed by atoms with van der Waals surface area (Å²) >= 11 is 0. The van der Waals surface area contributed by atoms with E-state index in [4.69, 9.17) is 90.0 Å². The van der Waals surface area contributed by atoms with E-state index in [1.807, 2.05) is 33.8 Å². The number of esters is 3. The van der Waals surface area contributed by atoms with Gasteiger partial charge in [0, 0.05) is 11.5 Å². The van der Waals surface area contributed by atoms with Gasteiger partial charge in [-0.1, -0.05) is 39.3 Å². The van der Waals surface area contributed by atoms with Gasteiger partial charge < -0.3 is 197 Å². The summed E-state index contributed by atoms with van der Waals surface area (Å²) in [5.74, 6) is -7.86. The Hall–Kier alpha value is -5.83. The number of carbonyl (C=O) groups is 5. The van der Waals surface area contributed by atoms with Gasteiger partial charge >= 0.3 is 29.8 Å². The number of hydrogen-bond donors (Lipinski definition) is 21. The molecule has 0 amide bonds. The van der Waals surface area contributed by atoms with Crippen LogP contribution in [0.5, 0.6) is 17.2 Å². The summed E-state index contributed by atoms with van der Waals surface area (Å²) in [5, 5.41) is 237. The fourth-order valence-electron chi connectivity index (χ4n) is 22.9. The fraction of sp³-hybridized carbons (Fsp3) is 0.828. The molecule has 132 heavy (non-hydrogen) atoms. The van der Waals surface area contributed by atoms with E-state index in [0.717, 1.165) is 13.0 Å². The van der Waals surface area contributed by atoms with Crippen molar-refractivity contribution in [1.29, 1.82) is 0 Å². The Bertz CT molecular complexity index is 4220. The predicted molar refractivity (Wildman–Crippen MR) is 435 cm³/mol. The van der Waals surface area contributed by atoms with Gasteiger partial charge in [0.05, 0.1) is 109 Å². The van der Waals surface area contributed by atoms with Gasteiger partial charge in [-0.3, -0.25) is 19.2 Å². The Morgan fingerprint density at radius 1 is 0.538 bits per heavy atom. The van der Waals surface area contributed by atoms with Gasteiger partial charge in [0.15, 0.2) is 67.0 Å². The average molecular weight is 1900 g/mol. The number of fused-ring (bicyclic) bond motifs is 7. The molecule has 7 aliphatic heterocycles. The molecule has 11 fully saturated rings. The second-order valence-electron chi connectivity index (χ2n) is 39.2. The van der Waals surface area contributed by atoms with Crippen molar-refractivity contribution >= 4 is 35.9 Å². The zero-order chi connectivity index (χ0) is 96.7. The summed E-state index contributed by atoms with van der Waals surface area (Å²) in [4.78, 5) is 70.5. The van der Waals surface area contributed by atoms with Crippen molar-refractivity contribution in [2.24, 2.45) is 50.2 Å². The molecule has 13 rings (SSSR count). The van der Waals surface area contributed by atoms with E-state index in [0.29, 0.717) is 12.0 Å². The molecule has 45 heteroatoms. The molecule has 1 aromatic rings. The van der Waals surface area contributed by atoms with Crippen molar-refractivity contribution in [3.8, 4) is 17.2 Å². The van der Waals surface area contributed by atoms with Crippen molar-refractivity contribution in [3.63, 3.8) is 0 Å². The normalized spacial score (nSPS) is 46.5. The van der Waals surface area contributed by atoms with Crippen molar-refractivity contribution in [2.75, 3.05) is 67.6 Å². The van der Waals surface area contributed by atoms with Crippen molar-refractivity contribution in [2.45, 2.75) is 334 Å². The number of allylic oxidation sites excluding steroid dienone is 1. The Labute approximate surface area is 758 Å². The number of benzene rings is 1. The van der Waals surface area contributed by atoms with Gasteiger partial charge in [0.25, 0.3) is 0 Å². The first-order valence-electron chi connectivity index (χ1n) is 44.4. The first kappa shape index (κ1) is 104. The van der Waals surface area contributed by atoms with Gasteiger partial charge in [-0.2, -0.15) is 0 Å². The highest BCUT2D eigenvalue weighted by Crippen LogP contribution is 2.76. The highest BCUT2D eigenvalue weighted by molar-refractivity contribution is 5.87. The summed E-state index contributed by atoms with van der Waals surface area (Å²) in [6.45, 7) is 7.33. The number of aliphatic hydroxyl groups is 19. The minimum atomic E-state index is -2.63. The van der Waals surface area contributed by atoms with Gasteiger partial charge in [0.2, 0.25) is 12.0 Å². The number of methoxy groups -OCH3 is 3. The molecule has 7 saturated heterocycles. The SMILES string of the molecule is COc1cc(C=CC(=O)OC2C(C)OC(OC(=O)C34CCC(C)(C)CC3C3=CCC5C6(C)CC(O)C(OC7OC(CO)C(O)C(O)C7O)C(C)(C(=O)O)C6CCC5(C)C3(CO)CC4)C(OC3OC(C)C(OC4OCC(O)C(OC5OCC(O)C(O)C5O)C4O)C(OC4OCC(O)(COC(=O)CC(C)(O)CC(=O)O)C4O)C3O)C2OC2OC(CO)C(O)C(O)C2O)cc(OC)c1OC. The zero-order valence-corrected chi connectivity index (χ0v) is 75.0. The van der Waals surface area contributed by atoms with Crippen molar-refractivity contribution in [3.05, 3.63) is 35.4 Å². The third kappa shape index (κ3) is 19.3. The van der Waals surface area contributed by atoms with E-state index in [-0.39, 0.29) is 74.2 Å². The standard InChI is InChI=1S/C87H130O45/c1-35-62(126-72-60(106)64(42(93)31-118-72)127-71-57(103)52(98)41(92)30-117-71)66(128-77-69(108)87(113,34-120-77)33-119-51(97)27-81(5,112)26-49(94)95)61(107)75(121-35)130-68-67(129-73-58(104)55(101)53(99)45(28-88)123-73)63(125-50(96)15-12-37-22-43(114-9)65(116-11)44(23-37)115-10)36(2)122-76(68)132-79(111)85-19-18-80(3,4)24-39(85)38-13-14-47-82(6)25-40(91)70(131-74-59(105)56(102)54(100)46(29-89)124-74)84(8,78(109)110)48(82)16-17-83(47,7)86(38,32-90)21-20-85/h12-13,15,22-23,35-36,39-42,45-48,52-64,66-77,88-93,98-108,112-113H,14,16-21,24-34H2,1-11H3,(H,94,95)(H,109,110). The molecule has 12 aliphatic rings. The van der Waals surface area contributed by atoms with Gasteiger partial charge in [-0.15, -0.1) is 0 Å². The topological polar surface area (TPSA) is 686 Å². The Balaban J connectivity index is 0.881. The second kappa shape index (κ2) is 40.2. The molecule has 42 atom stereocenters. The van der Waals surface area contributed by atoms with Crippen LogP contribution < -0.4 is 14.2 Å². The maximum Gasteiger partial charge on any atom is 0.331 e. The summed E-state index contributed by atoms with van der Waals surface area (Å²) < 4.78 is 116. The Morgan fingerprint density at radius 2 is 1.08 bits per heavy atom. The fourth-order valence-corrected chi connectivity index (χ4v) is 22.9. The zero-order valence-electron chi connectivity index (χ0n) is 75.0. The molecule has 0 radical (unpaired) electrons. The monoisotopic (exact) mass is 1890 g/mol. The lowest BCUT2D eigenvalue weighted by Crippen LogP contribution is -2.71. The Morgan fingerprint density at radius 3 is 1.68 bits per heavy atom. The lowest BCUT2D eigenvalue weighted by molar-refractivity contribution is -0.399. The van der Waals surface area contributed by atoms with Crippen LogP contribution in [0.15, 0.2) is 29.9 Å². The third-order valence-electron chi connectivity index (χ3n) is 30.2. The van der Waals surface area contributed by atoms with E-state index in [1.165, 1.54) is 60.3 Å². The number of carbonyl (C=O) groups excluding carboxylic acids is 3. The first-order valence-corrected chi connectivity index (χ1v) is 44.4. The van der Waals surface area contributed by atoms with Gasteiger partial charge in [-0.25, -0.2) is 4.79 Å². The van der Waals surface area contributed by atoms with E-state index < -0.39 is 347 Å². The van der Waals surface area contributed by atoms with E-state index in [2.05, 4.69) is 0 Å². The predicted octanol–water partition coefficient (Wildman–Crippen LogP) is -5.12. The molecule has 0 spiro atoms. The van der Waals surface area contributed by atoms with Crippen LogP contribution in [-0.4, -0.2) is 412 Å². The summed E-state index contributed by atoms with van der Waals surface area (Å²) in [7, 11) is 4.07. The summed E-state index contributed by atoms with van der Waals surface area (Å²) in [5.41, 5.74) is -11.2. The van der Waals surface area contributed by atoms with Crippen LogP contribution in [0.2, 0.25) is 0 Å². The molecular formula is C87H130O45. The van der Waals surface area contributed by atoms with E-state index in [9.17, 15) is 126 Å². The molecule has 0 aromatic heterocycles. The average Bonchev–Trinajstić information content (AvgIpc) is 0.694. The van der Waals surface area contributed by atoms with Crippen LogP contribution >= 0.6 is 0 Å². The molecule has 45 nitrogen and oxygen atoms in total. The second-order valence-corrected chi connectivity index (χ2v) is 39.2. The molecule has 0 bridgehead atoms. The summed E-state index contributed by atoms with van der Waals surface area (Å²) in [6.07, 6.45) is -58.7. The van der Waals surface area contributed by atoms with Crippen molar-refractivity contribution < 1.29 is 221 Å². The molecular weight excluding hydrogens is 1760 g/mol. The minimum absolute atomic E-state index is 0.0345. The molecule has 21 N–H and O–H groups in total. The van der Waals surface area contributed by atoms with Crippen LogP contribution in [0.3, 0.4) is 0 Å². The molecule has 42 unspecified atom stereocenters. The van der Waals surface area contributed by atoms with Crippen LogP contribution in [-0.2, 0) is 99.8 Å². The van der Waals surface area contributed by atoms with Gasteiger partial charge in [0.1, 0.15) is 129 Å². The lowest BCUT2D eigenvalue weighted by Gasteiger charge is -2.71. The quantitative estimate of drug-likeness (QED) is 0.0113.